The van der Waals surface area contributed by atoms with Gasteiger partial charge in [-0.25, -0.2) is 15.3 Å². The Bertz CT molecular complexity index is 1100. The van der Waals surface area contributed by atoms with Gasteiger partial charge in [-0.2, -0.15) is 0 Å². The van der Waals surface area contributed by atoms with Gasteiger partial charge in [0.05, 0.1) is 11.0 Å². The number of nitrogens with zero attached hydrogens (tertiary/aromatic N) is 2. The minimum absolute atomic E-state index is 0.305. The van der Waals surface area contributed by atoms with E-state index in [0.717, 1.165) is 73.3 Å². The Morgan fingerprint density at radius 1 is 1.18 bits per heavy atom. The molecule has 3 aromatic rings. The van der Waals surface area contributed by atoms with Crippen molar-refractivity contribution in [3.63, 3.8) is 0 Å². The lowest BCUT2D eigenvalue weighted by atomic mass is 10.1. The molecule has 2 heterocycles. The van der Waals surface area contributed by atoms with Crippen LogP contribution in [0.4, 0.5) is 0 Å². The largest absolute Gasteiger partial charge is 0.350 e. The fourth-order valence-corrected chi connectivity index (χ4v) is 4.07. The Balaban J connectivity index is 1.31. The molecule has 1 atom stereocenters. The van der Waals surface area contributed by atoms with Crippen LogP contribution in [-0.4, -0.2) is 46.8 Å². The van der Waals surface area contributed by atoms with Gasteiger partial charge in [-0.05, 0) is 60.8 Å². The van der Waals surface area contributed by atoms with Crippen molar-refractivity contribution in [1.29, 1.82) is 0 Å². The highest BCUT2D eigenvalue weighted by Gasteiger charge is 2.15. The van der Waals surface area contributed by atoms with Crippen LogP contribution in [0.2, 0.25) is 0 Å². The Labute approximate surface area is 201 Å². The molecule has 0 radical (unpaired) electrons. The van der Waals surface area contributed by atoms with E-state index in [1.165, 1.54) is 11.6 Å². The molecule has 1 aliphatic rings. The first-order chi connectivity index (χ1) is 16.6. The highest BCUT2D eigenvalue weighted by Crippen LogP contribution is 2.18. The van der Waals surface area contributed by atoms with Gasteiger partial charge in [-0.3, -0.25) is 9.69 Å². The number of rotatable bonds is 10. The predicted molar refractivity (Wildman–Crippen MR) is 134 cm³/mol. The highest BCUT2D eigenvalue weighted by atomic mass is 16.8. The van der Waals surface area contributed by atoms with E-state index < -0.39 is 0 Å². The number of H-pyrrole nitrogens is 1. The van der Waals surface area contributed by atoms with E-state index in [-0.39, 0.29) is 12.2 Å². The third kappa shape index (κ3) is 6.76. The lowest BCUT2D eigenvalue weighted by Crippen LogP contribution is -2.32. The van der Waals surface area contributed by atoms with Gasteiger partial charge < -0.3 is 9.72 Å². The van der Waals surface area contributed by atoms with Gasteiger partial charge in [0.25, 0.3) is 5.91 Å². The van der Waals surface area contributed by atoms with Crippen molar-refractivity contribution in [1.82, 2.24) is 20.3 Å². The Hall–Kier alpha value is -3.00. The zero-order valence-electron chi connectivity index (χ0n) is 20.0. The van der Waals surface area contributed by atoms with Crippen molar-refractivity contribution < 1.29 is 14.4 Å². The molecule has 0 aliphatic carbocycles. The number of ether oxygens (including phenoxy) is 1. The lowest BCUT2D eigenvalue weighted by molar-refractivity contribution is -0.198. The summed E-state index contributed by atoms with van der Waals surface area (Å²) in [4.78, 5) is 27.9. The predicted octanol–water partition coefficient (Wildman–Crippen LogP) is 4.58. The number of amides is 1. The molecule has 180 valence electrons. The minimum atomic E-state index is -0.349. The first-order valence-corrected chi connectivity index (χ1v) is 12.2. The second-order valence-corrected chi connectivity index (χ2v) is 8.63. The average Bonchev–Trinajstić information content (AvgIpc) is 3.27. The Kier molecular flexibility index (Phi) is 8.46. The van der Waals surface area contributed by atoms with E-state index in [1.54, 1.807) is 6.08 Å². The molecule has 4 rings (SSSR count). The minimum Gasteiger partial charge on any atom is -0.350 e. The van der Waals surface area contributed by atoms with Crippen LogP contribution in [0.1, 0.15) is 55.6 Å². The topological polar surface area (TPSA) is 79.5 Å². The molecular weight excluding hydrogens is 428 g/mol. The van der Waals surface area contributed by atoms with E-state index in [1.807, 2.05) is 12.1 Å². The first kappa shape index (κ1) is 24.1. The number of hydroxylamine groups is 1. The van der Waals surface area contributed by atoms with Crippen LogP contribution in [0.5, 0.6) is 0 Å². The normalized spacial score (nSPS) is 16.5. The molecule has 0 bridgehead atoms. The Morgan fingerprint density at radius 2 is 1.97 bits per heavy atom. The summed E-state index contributed by atoms with van der Waals surface area (Å²) in [5.74, 6) is 0.639. The summed E-state index contributed by atoms with van der Waals surface area (Å²) in [5, 5.41) is 0. The van der Waals surface area contributed by atoms with Gasteiger partial charge >= 0.3 is 0 Å². The molecule has 7 heteroatoms. The van der Waals surface area contributed by atoms with Crippen molar-refractivity contribution in [3.05, 3.63) is 71.1 Å². The lowest BCUT2D eigenvalue weighted by Gasteiger charge is -2.21. The number of carbonyl (C=O) groups is 1. The van der Waals surface area contributed by atoms with Crippen molar-refractivity contribution in [2.75, 3.05) is 19.7 Å². The second-order valence-electron chi connectivity index (χ2n) is 8.63. The SMILES string of the molecule is CCN(CC)Cc1ccc2nc(Cc3ccc(C=CC(=O)NOC4CCCCO4)cc3)[nH]c2c1. The van der Waals surface area contributed by atoms with E-state index >= 15 is 0 Å². The summed E-state index contributed by atoms with van der Waals surface area (Å²) >= 11 is 0. The quantitative estimate of drug-likeness (QED) is 0.340. The van der Waals surface area contributed by atoms with E-state index in [4.69, 9.17) is 14.6 Å². The number of hydrogen-bond acceptors (Lipinski definition) is 5. The van der Waals surface area contributed by atoms with Gasteiger partial charge in [0.1, 0.15) is 5.82 Å². The molecule has 34 heavy (non-hydrogen) atoms. The molecule has 1 amide bonds. The molecule has 1 unspecified atom stereocenters. The summed E-state index contributed by atoms with van der Waals surface area (Å²) in [7, 11) is 0. The smallest absolute Gasteiger partial charge is 0.267 e. The fourth-order valence-electron chi connectivity index (χ4n) is 4.07. The van der Waals surface area contributed by atoms with Crippen LogP contribution in [0.25, 0.3) is 17.1 Å². The van der Waals surface area contributed by atoms with Crippen molar-refractivity contribution in [3.8, 4) is 0 Å². The van der Waals surface area contributed by atoms with Crippen LogP contribution < -0.4 is 5.48 Å². The number of imidazole rings is 1. The van der Waals surface area contributed by atoms with Gasteiger partial charge in [0.2, 0.25) is 0 Å². The number of benzene rings is 2. The van der Waals surface area contributed by atoms with Crippen LogP contribution in [-0.2, 0) is 27.3 Å². The van der Waals surface area contributed by atoms with Gasteiger partial charge in [-0.1, -0.05) is 44.2 Å². The summed E-state index contributed by atoms with van der Waals surface area (Å²) in [6, 6.07) is 14.6. The molecular formula is C27H34N4O3. The summed E-state index contributed by atoms with van der Waals surface area (Å²) in [5.41, 5.74) is 7.89. The Morgan fingerprint density at radius 3 is 2.71 bits per heavy atom. The van der Waals surface area contributed by atoms with Crippen molar-refractivity contribution in [2.45, 2.75) is 52.4 Å². The fraction of sp³-hybridized carbons (Fsp3) is 0.407. The molecule has 0 spiro atoms. The van der Waals surface area contributed by atoms with E-state index in [0.29, 0.717) is 6.61 Å². The van der Waals surface area contributed by atoms with Crippen molar-refractivity contribution in [2.24, 2.45) is 0 Å². The molecule has 2 aromatic carbocycles. The van der Waals surface area contributed by atoms with Crippen LogP contribution in [0.15, 0.2) is 48.5 Å². The standard InChI is InChI=1S/C27H34N4O3/c1-3-31(4-2)19-22-12-14-23-24(17-22)29-25(28-23)18-21-10-8-20(9-11-21)13-15-26(32)30-34-27-7-5-6-16-33-27/h8-15,17,27H,3-7,16,18-19H2,1-2H3,(H,28,29)(H,30,32). The van der Waals surface area contributed by atoms with E-state index in [9.17, 15) is 4.79 Å². The highest BCUT2D eigenvalue weighted by molar-refractivity contribution is 5.90. The molecule has 1 aliphatic heterocycles. The monoisotopic (exact) mass is 462 g/mol. The molecule has 0 saturated carbocycles. The zero-order valence-corrected chi connectivity index (χ0v) is 20.0. The molecule has 7 nitrogen and oxygen atoms in total. The molecule has 2 N–H and O–H groups in total. The third-order valence-corrected chi connectivity index (χ3v) is 6.10. The maximum atomic E-state index is 12.0. The number of aromatic amines is 1. The van der Waals surface area contributed by atoms with Gasteiger partial charge in [0, 0.05) is 32.1 Å². The third-order valence-electron chi connectivity index (χ3n) is 6.10. The van der Waals surface area contributed by atoms with Gasteiger partial charge in [0.15, 0.2) is 6.29 Å². The summed E-state index contributed by atoms with van der Waals surface area (Å²) < 4.78 is 5.43. The number of nitrogens with one attached hydrogen (secondary N) is 2. The molecule has 1 saturated heterocycles. The van der Waals surface area contributed by atoms with Crippen LogP contribution in [0, 0.1) is 0 Å². The first-order valence-electron chi connectivity index (χ1n) is 12.2. The number of aromatic nitrogens is 2. The maximum absolute atomic E-state index is 12.0. The molecule has 1 fully saturated rings. The zero-order chi connectivity index (χ0) is 23.8. The number of carbonyl (C=O) groups excluding carboxylic acids is 1. The average molecular weight is 463 g/mol. The van der Waals surface area contributed by atoms with Crippen LogP contribution >= 0.6 is 0 Å². The molecule has 1 aromatic heterocycles. The van der Waals surface area contributed by atoms with Gasteiger partial charge in [-0.15, -0.1) is 0 Å². The van der Waals surface area contributed by atoms with Crippen molar-refractivity contribution >= 4 is 23.0 Å². The summed E-state index contributed by atoms with van der Waals surface area (Å²) in [6.45, 7) is 8.09. The number of hydrogen-bond donors (Lipinski definition) is 2. The summed E-state index contributed by atoms with van der Waals surface area (Å²) in [6.07, 6.45) is 6.49. The van der Waals surface area contributed by atoms with Crippen LogP contribution in [0.3, 0.4) is 0 Å². The maximum Gasteiger partial charge on any atom is 0.267 e. The second kappa shape index (κ2) is 11.9. The number of fused-ring (bicyclic) bond motifs is 1. The van der Waals surface area contributed by atoms with E-state index in [2.05, 4.69) is 59.5 Å².